The van der Waals surface area contributed by atoms with Gasteiger partial charge in [0.1, 0.15) is 5.75 Å². The molecule has 0 saturated heterocycles. The summed E-state index contributed by atoms with van der Waals surface area (Å²) in [5, 5.41) is 16.7. The molecule has 3 aliphatic rings. The van der Waals surface area contributed by atoms with Gasteiger partial charge in [-0.2, -0.15) is 0 Å². The summed E-state index contributed by atoms with van der Waals surface area (Å²) in [6, 6.07) is 6.05. The van der Waals surface area contributed by atoms with Crippen molar-refractivity contribution in [2.75, 3.05) is 5.32 Å². The van der Waals surface area contributed by atoms with E-state index in [0.717, 1.165) is 49.8 Å². The average molecular weight is 468 g/mol. The molecule has 2 amide bonds. The maximum Gasteiger partial charge on any atom is 0.226 e. The van der Waals surface area contributed by atoms with E-state index in [2.05, 4.69) is 28.6 Å². The number of anilines is 1. The minimum absolute atomic E-state index is 0.0228. The molecule has 0 spiro atoms. The molecular weight excluding hydrogens is 434 g/mol. The molecule has 0 radical (unpaired) electrons. The van der Waals surface area contributed by atoms with Gasteiger partial charge in [0.25, 0.3) is 0 Å². The first-order valence-electron chi connectivity index (χ1n) is 12.1. The first-order valence-corrected chi connectivity index (χ1v) is 12.9. The number of phenols is 1. The topological polar surface area (TPSA) is 91.3 Å². The van der Waals surface area contributed by atoms with Crippen LogP contribution in [-0.2, 0) is 16.0 Å². The Morgan fingerprint density at radius 1 is 1.36 bits per heavy atom. The van der Waals surface area contributed by atoms with Gasteiger partial charge in [0.05, 0.1) is 0 Å². The number of aromatic hydroxyl groups is 1. The standard InChI is InChI=1S/C26H33N3O3S/c1-15-13-27-25(33-15)29-23(32)8-4-17-12-22(28-14-30)26(2)10-9-20-19-7-5-18(31)11-16(19)3-6-21(20)24(17)26/h5,7,11,13-14,17,20-22,24,31H,3-4,6,8-10,12H2,1-2H3,(H,28,30)(H,27,29,32)/t17-,20?,21?,22?,24?,26-/m1/s1. The smallest absolute Gasteiger partial charge is 0.226 e. The highest BCUT2D eigenvalue weighted by molar-refractivity contribution is 7.15. The molecule has 0 aliphatic heterocycles. The van der Waals surface area contributed by atoms with E-state index in [-0.39, 0.29) is 17.4 Å². The van der Waals surface area contributed by atoms with Crippen LogP contribution in [0.15, 0.2) is 24.4 Å². The molecule has 0 bridgehead atoms. The van der Waals surface area contributed by atoms with Gasteiger partial charge in [0, 0.05) is 23.5 Å². The number of amides is 2. The van der Waals surface area contributed by atoms with Crippen LogP contribution in [-0.4, -0.2) is 28.4 Å². The fourth-order valence-electron chi connectivity index (χ4n) is 7.41. The van der Waals surface area contributed by atoms with E-state index in [0.29, 0.717) is 41.0 Å². The Morgan fingerprint density at radius 3 is 2.97 bits per heavy atom. The Kier molecular flexibility index (Phi) is 5.93. The van der Waals surface area contributed by atoms with Crippen LogP contribution in [0, 0.1) is 30.1 Å². The van der Waals surface area contributed by atoms with E-state index in [1.165, 1.54) is 22.5 Å². The largest absolute Gasteiger partial charge is 0.508 e. The molecule has 3 N–H and O–H groups in total. The number of carbonyl (C=O) groups is 2. The van der Waals surface area contributed by atoms with E-state index in [1.54, 1.807) is 6.20 Å². The van der Waals surface area contributed by atoms with Crippen molar-refractivity contribution in [1.82, 2.24) is 10.3 Å². The summed E-state index contributed by atoms with van der Waals surface area (Å²) in [5.74, 6) is 2.30. The lowest BCUT2D eigenvalue weighted by atomic mass is 9.53. The second-order valence-corrected chi connectivity index (χ2v) is 11.7. The van der Waals surface area contributed by atoms with Crippen molar-refractivity contribution in [2.24, 2.45) is 23.2 Å². The summed E-state index contributed by atoms with van der Waals surface area (Å²) in [6.07, 6.45) is 9.17. The van der Waals surface area contributed by atoms with Crippen molar-refractivity contribution in [3.05, 3.63) is 40.4 Å². The highest BCUT2D eigenvalue weighted by Crippen LogP contribution is 2.63. The Labute approximate surface area is 199 Å². The van der Waals surface area contributed by atoms with Gasteiger partial charge in [0.15, 0.2) is 5.13 Å². The van der Waals surface area contributed by atoms with Gasteiger partial charge in [-0.25, -0.2) is 4.98 Å². The predicted molar refractivity (Wildman–Crippen MR) is 129 cm³/mol. The van der Waals surface area contributed by atoms with Crippen molar-refractivity contribution < 1.29 is 14.7 Å². The van der Waals surface area contributed by atoms with Gasteiger partial charge >= 0.3 is 0 Å². The molecule has 6 nitrogen and oxygen atoms in total. The van der Waals surface area contributed by atoms with Crippen LogP contribution < -0.4 is 10.6 Å². The number of carbonyl (C=O) groups excluding carboxylic acids is 2. The fraction of sp³-hybridized carbons (Fsp3) is 0.577. The molecule has 1 heterocycles. The zero-order chi connectivity index (χ0) is 23.2. The van der Waals surface area contributed by atoms with Crippen LogP contribution in [0.25, 0.3) is 0 Å². The zero-order valence-corrected chi connectivity index (χ0v) is 20.2. The van der Waals surface area contributed by atoms with Gasteiger partial charge in [-0.3, -0.25) is 9.59 Å². The molecular formula is C26H33N3O3S. The van der Waals surface area contributed by atoms with Crippen molar-refractivity contribution in [3.8, 4) is 5.75 Å². The summed E-state index contributed by atoms with van der Waals surface area (Å²) < 4.78 is 0. The SMILES string of the molecule is Cc1cnc(NC(=O)CC[C@@H]2CC(NC=O)[C@@]3(C)CCC4c5ccc(O)cc5CCC4C23)s1. The predicted octanol–water partition coefficient (Wildman–Crippen LogP) is 4.77. The number of nitrogens with zero attached hydrogens (tertiary/aromatic N) is 1. The molecule has 2 fully saturated rings. The van der Waals surface area contributed by atoms with Gasteiger partial charge in [-0.1, -0.05) is 13.0 Å². The third kappa shape index (κ3) is 4.05. The number of rotatable bonds is 6. The second-order valence-electron chi connectivity index (χ2n) is 10.5. The van der Waals surface area contributed by atoms with Crippen LogP contribution in [0.2, 0.25) is 0 Å². The average Bonchev–Trinajstić information content (AvgIpc) is 3.32. The van der Waals surface area contributed by atoms with Gasteiger partial charge < -0.3 is 15.7 Å². The number of aryl methyl sites for hydroxylation is 2. The number of fused-ring (bicyclic) bond motifs is 5. The normalized spacial score (nSPS) is 32.4. The number of benzene rings is 1. The Hall–Kier alpha value is -2.41. The Morgan fingerprint density at radius 2 is 2.21 bits per heavy atom. The summed E-state index contributed by atoms with van der Waals surface area (Å²) in [6.45, 7) is 4.34. The zero-order valence-electron chi connectivity index (χ0n) is 19.3. The van der Waals surface area contributed by atoms with Gasteiger partial charge in [-0.05, 0) is 97.8 Å². The summed E-state index contributed by atoms with van der Waals surface area (Å²) in [7, 11) is 0. The molecule has 33 heavy (non-hydrogen) atoms. The van der Waals surface area contributed by atoms with Gasteiger partial charge in [-0.15, -0.1) is 11.3 Å². The maximum atomic E-state index is 12.7. The van der Waals surface area contributed by atoms with Gasteiger partial charge in [0.2, 0.25) is 12.3 Å². The molecule has 1 aromatic heterocycles. The Balaban J connectivity index is 1.36. The minimum atomic E-state index is 0.0228. The first-order chi connectivity index (χ1) is 15.9. The van der Waals surface area contributed by atoms with Crippen molar-refractivity contribution in [1.29, 1.82) is 0 Å². The fourth-order valence-corrected chi connectivity index (χ4v) is 8.09. The van der Waals surface area contributed by atoms with E-state index in [1.807, 2.05) is 19.1 Å². The van der Waals surface area contributed by atoms with Crippen LogP contribution in [0.4, 0.5) is 5.13 Å². The molecule has 5 rings (SSSR count). The van der Waals surface area contributed by atoms with Crippen LogP contribution in [0.3, 0.4) is 0 Å². The summed E-state index contributed by atoms with van der Waals surface area (Å²) >= 11 is 1.50. The van der Waals surface area contributed by atoms with E-state index in [9.17, 15) is 14.7 Å². The molecule has 3 aliphatic carbocycles. The second kappa shape index (κ2) is 8.75. The van der Waals surface area contributed by atoms with E-state index in [4.69, 9.17) is 0 Å². The van der Waals surface area contributed by atoms with Crippen LogP contribution >= 0.6 is 11.3 Å². The van der Waals surface area contributed by atoms with Crippen molar-refractivity contribution in [2.45, 2.75) is 70.8 Å². The molecule has 7 heteroatoms. The third-order valence-corrected chi connectivity index (χ3v) is 9.56. The first kappa shape index (κ1) is 22.4. The molecule has 6 atom stereocenters. The lowest BCUT2D eigenvalue weighted by Gasteiger charge is -2.52. The quantitative estimate of drug-likeness (QED) is 0.534. The van der Waals surface area contributed by atoms with E-state index >= 15 is 0 Å². The lowest BCUT2D eigenvalue weighted by Crippen LogP contribution is -2.49. The Bertz CT molecular complexity index is 1050. The molecule has 2 saturated carbocycles. The molecule has 1 aromatic carbocycles. The molecule has 2 aromatic rings. The van der Waals surface area contributed by atoms with Crippen LogP contribution in [0.5, 0.6) is 5.75 Å². The van der Waals surface area contributed by atoms with Crippen molar-refractivity contribution in [3.63, 3.8) is 0 Å². The number of phenolic OH excluding ortho intramolecular Hbond substituents is 1. The number of hydrogen-bond acceptors (Lipinski definition) is 5. The molecule has 176 valence electrons. The molecule has 4 unspecified atom stereocenters. The third-order valence-electron chi connectivity index (χ3n) is 8.73. The highest BCUT2D eigenvalue weighted by atomic mass is 32.1. The van der Waals surface area contributed by atoms with Crippen LogP contribution in [0.1, 0.15) is 67.4 Å². The monoisotopic (exact) mass is 467 g/mol. The van der Waals surface area contributed by atoms with E-state index < -0.39 is 0 Å². The maximum absolute atomic E-state index is 12.7. The number of hydrogen-bond donors (Lipinski definition) is 3. The summed E-state index contributed by atoms with van der Waals surface area (Å²) in [5.41, 5.74) is 2.74. The number of aromatic nitrogens is 1. The lowest BCUT2D eigenvalue weighted by molar-refractivity contribution is -0.116. The summed E-state index contributed by atoms with van der Waals surface area (Å²) in [4.78, 5) is 29.4. The number of thiazole rings is 1. The highest BCUT2D eigenvalue weighted by Gasteiger charge is 2.58. The van der Waals surface area contributed by atoms with Crippen molar-refractivity contribution >= 4 is 28.8 Å². The minimum Gasteiger partial charge on any atom is -0.508 e. The number of nitrogens with one attached hydrogen (secondary N) is 2.